The molecule has 13 nitrogen and oxygen atoms in total. The average Bonchev–Trinajstić information content (AvgIpc) is 2.80. The van der Waals surface area contributed by atoms with Gasteiger partial charge < -0.3 is 37.6 Å². The van der Waals surface area contributed by atoms with Crippen LogP contribution in [0.4, 0.5) is 0 Å². The normalized spacial score (nSPS) is 14.0. The van der Waals surface area contributed by atoms with Gasteiger partial charge in [0.05, 0.1) is 12.5 Å². The van der Waals surface area contributed by atoms with Gasteiger partial charge in [0.2, 0.25) is 23.6 Å². The Morgan fingerprint density at radius 3 is 1.91 bits per heavy atom. The lowest BCUT2D eigenvalue weighted by Crippen LogP contribution is -2.58. The van der Waals surface area contributed by atoms with E-state index in [-0.39, 0.29) is 25.0 Å². The number of carbonyl (C=O) groups is 6. The van der Waals surface area contributed by atoms with Crippen LogP contribution in [0.1, 0.15) is 24.8 Å². The number of nitrogens with one attached hydrogen (secondary N) is 3. The van der Waals surface area contributed by atoms with E-state index in [1.54, 1.807) is 30.3 Å². The van der Waals surface area contributed by atoms with Crippen molar-refractivity contribution >= 4 is 48.2 Å². The Kier molecular flexibility index (Phi) is 12.2. The summed E-state index contributed by atoms with van der Waals surface area (Å²) in [4.78, 5) is 71.7. The van der Waals surface area contributed by atoms with Crippen LogP contribution in [0.5, 0.6) is 0 Å². The minimum atomic E-state index is -1.60. The van der Waals surface area contributed by atoms with Gasteiger partial charge >= 0.3 is 11.9 Å². The van der Waals surface area contributed by atoms with Gasteiger partial charge in [-0.15, -0.1) is 0 Å². The summed E-state index contributed by atoms with van der Waals surface area (Å²) < 4.78 is 0. The van der Waals surface area contributed by atoms with Crippen LogP contribution in [0, 0.1) is 0 Å². The molecule has 1 rings (SSSR count). The highest BCUT2D eigenvalue weighted by Gasteiger charge is 2.31. The van der Waals surface area contributed by atoms with Crippen LogP contribution in [0.2, 0.25) is 0 Å². The van der Waals surface area contributed by atoms with Crippen molar-refractivity contribution < 1.29 is 39.0 Å². The molecular weight excluding hydrogens is 482 g/mol. The maximum Gasteiger partial charge on any atom is 0.326 e. The Bertz CT molecular complexity index is 930. The monoisotopic (exact) mass is 511 g/mol. The molecule has 0 aliphatic rings. The van der Waals surface area contributed by atoms with Gasteiger partial charge in [-0.05, 0) is 12.0 Å². The molecule has 0 fully saturated rings. The lowest BCUT2D eigenvalue weighted by Gasteiger charge is -2.24. The summed E-state index contributed by atoms with van der Waals surface area (Å²) in [6.45, 7) is 0. The number of primary amides is 1. The highest BCUT2D eigenvalue weighted by atomic mass is 32.1. The third-order valence-corrected chi connectivity index (χ3v) is 5.15. The van der Waals surface area contributed by atoms with Gasteiger partial charge in [-0.2, -0.15) is 12.6 Å². The first kappa shape index (κ1) is 29.4. The Morgan fingerprint density at radius 1 is 0.857 bits per heavy atom. The second-order valence-corrected chi connectivity index (χ2v) is 7.97. The SMILES string of the molecule is NC(=O)CCC(NC(=O)C(CC(=O)O)NC(=O)C(N)CS)C(=O)NC(Cc1ccccc1)C(=O)O. The largest absolute Gasteiger partial charge is 0.481 e. The van der Waals surface area contributed by atoms with E-state index in [0.717, 1.165) is 0 Å². The standard InChI is InChI=1S/C21H29N5O8S/c22-12(10-35)18(30)25-14(9-17(28)29)20(32)24-13(6-7-16(23)27)19(31)26-15(21(33)34)8-11-4-2-1-3-5-11/h1-5,12-15,35H,6-10,22H2,(H2,23,27)(H,24,32)(H,25,30)(H,26,31)(H,28,29)(H,33,34). The molecule has 192 valence electrons. The quantitative estimate of drug-likeness (QED) is 0.119. The molecule has 0 saturated carbocycles. The van der Waals surface area contributed by atoms with Crippen molar-refractivity contribution in [3.63, 3.8) is 0 Å². The smallest absolute Gasteiger partial charge is 0.326 e. The van der Waals surface area contributed by atoms with Gasteiger partial charge in [0.25, 0.3) is 0 Å². The van der Waals surface area contributed by atoms with Crippen LogP contribution < -0.4 is 27.4 Å². The number of carboxylic acids is 2. The Morgan fingerprint density at radius 2 is 1.40 bits per heavy atom. The van der Waals surface area contributed by atoms with Crippen LogP contribution in [0.3, 0.4) is 0 Å². The predicted molar refractivity (Wildman–Crippen MR) is 126 cm³/mol. The lowest BCUT2D eigenvalue weighted by molar-refractivity contribution is -0.143. The highest BCUT2D eigenvalue weighted by molar-refractivity contribution is 7.80. The molecule has 14 heteroatoms. The molecule has 0 radical (unpaired) electrons. The van der Waals surface area contributed by atoms with Crippen molar-refractivity contribution in [2.24, 2.45) is 11.5 Å². The molecule has 4 unspecified atom stereocenters. The molecule has 0 aromatic heterocycles. The number of thiol groups is 1. The van der Waals surface area contributed by atoms with Gasteiger partial charge in [0.15, 0.2) is 0 Å². The van der Waals surface area contributed by atoms with Crippen LogP contribution in [-0.2, 0) is 35.2 Å². The first-order valence-electron chi connectivity index (χ1n) is 10.5. The number of hydrogen-bond donors (Lipinski definition) is 8. The third kappa shape index (κ3) is 10.9. The summed E-state index contributed by atoms with van der Waals surface area (Å²) in [6, 6.07) is 2.94. The van der Waals surface area contributed by atoms with Gasteiger partial charge in [0.1, 0.15) is 18.1 Å². The number of benzene rings is 1. The number of carbonyl (C=O) groups excluding carboxylic acids is 4. The summed E-state index contributed by atoms with van der Waals surface area (Å²) in [5, 5.41) is 25.4. The fourth-order valence-corrected chi connectivity index (χ4v) is 3.06. The van der Waals surface area contributed by atoms with E-state index in [1.807, 2.05) is 0 Å². The van der Waals surface area contributed by atoms with Crippen LogP contribution in [0.25, 0.3) is 0 Å². The van der Waals surface area contributed by atoms with E-state index >= 15 is 0 Å². The van der Waals surface area contributed by atoms with Gasteiger partial charge in [-0.1, -0.05) is 30.3 Å². The lowest BCUT2D eigenvalue weighted by atomic mass is 10.0. The molecule has 4 amide bonds. The first-order chi connectivity index (χ1) is 16.4. The number of carboxylic acid groups (broad SMARTS) is 2. The fraction of sp³-hybridized carbons (Fsp3) is 0.429. The Hall–Kier alpha value is -3.65. The molecule has 4 atom stereocenters. The summed E-state index contributed by atoms with van der Waals surface area (Å²) in [7, 11) is 0. The Labute approximate surface area is 206 Å². The molecule has 0 spiro atoms. The van der Waals surface area contributed by atoms with Crippen molar-refractivity contribution in [3.8, 4) is 0 Å². The highest BCUT2D eigenvalue weighted by Crippen LogP contribution is 2.06. The molecule has 35 heavy (non-hydrogen) atoms. The second kappa shape index (κ2) is 14.6. The third-order valence-electron chi connectivity index (χ3n) is 4.75. The zero-order valence-electron chi connectivity index (χ0n) is 18.7. The van der Waals surface area contributed by atoms with E-state index in [2.05, 4.69) is 28.6 Å². The molecule has 1 aromatic rings. The van der Waals surface area contributed by atoms with Crippen LogP contribution in [0.15, 0.2) is 30.3 Å². The molecule has 9 N–H and O–H groups in total. The van der Waals surface area contributed by atoms with Gasteiger partial charge in [-0.25, -0.2) is 4.79 Å². The molecule has 0 heterocycles. The average molecular weight is 512 g/mol. The van der Waals surface area contributed by atoms with E-state index in [0.29, 0.717) is 5.56 Å². The minimum Gasteiger partial charge on any atom is -0.481 e. The topological polar surface area (TPSA) is 231 Å². The zero-order chi connectivity index (χ0) is 26.5. The number of amides is 4. The number of nitrogens with two attached hydrogens (primary N) is 2. The Balaban J connectivity index is 3.04. The van der Waals surface area contributed by atoms with Crippen molar-refractivity contribution in [2.45, 2.75) is 49.9 Å². The maximum absolute atomic E-state index is 12.8. The predicted octanol–water partition coefficient (Wildman–Crippen LogP) is -2.23. The summed E-state index contributed by atoms with van der Waals surface area (Å²) in [6.07, 6.45) is -1.52. The molecule has 0 bridgehead atoms. The number of rotatable bonds is 15. The molecular formula is C21H29N5O8S. The van der Waals surface area contributed by atoms with Crippen molar-refractivity contribution in [2.75, 3.05) is 5.75 Å². The fourth-order valence-electron chi connectivity index (χ4n) is 2.90. The molecule has 0 aliphatic heterocycles. The van der Waals surface area contributed by atoms with E-state index in [4.69, 9.17) is 16.6 Å². The number of hydrogen-bond acceptors (Lipinski definition) is 8. The van der Waals surface area contributed by atoms with Crippen LogP contribution in [-0.4, -0.2) is 75.7 Å². The number of aliphatic carboxylic acids is 2. The van der Waals surface area contributed by atoms with Gasteiger partial charge in [0, 0.05) is 18.6 Å². The van der Waals surface area contributed by atoms with Crippen LogP contribution >= 0.6 is 12.6 Å². The van der Waals surface area contributed by atoms with E-state index in [9.17, 15) is 33.9 Å². The molecule has 1 aromatic carbocycles. The first-order valence-corrected chi connectivity index (χ1v) is 11.1. The summed E-state index contributed by atoms with van der Waals surface area (Å²) >= 11 is 3.86. The van der Waals surface area contributed by atoms with Crippen molar-refractivity contribution in [1.82, 2.24) is 16.0 Å². The summed E-state index contributed by atoms with van der Waals surface area (Å²) in [5.74, 6) is -6.44. The van der Waals surface area contributed by atoms with Crippen molar-refractivity contribution in [1.29, 1.82) is 0 Å². The molecule has 0 saturated heterocycles. The maximum atomic E-state index is 12.8. The van der Waals surface area contributed by atoms with E-state index in [1.165, 1.54) is 0 Å². The van der Waals surface area contributed by atoms with Gasteiger partial charge in [-0.3, -0.25) is 24.0 Å². The minimum absolute atomic E-state index is 0.0578. The summed E-state index contributed by atoms with van der Waals surface area (Å²) in [5.41, 5.74) is 11.3. The zero-order valence-corrected chi connectivity index (χ0v) is 19.6. The van der Waals surface area contributed by atoms with E-state index < -0.39 is 66.2 Å². The van der Waals surface area contributed by atoms with Crippen molar-refractivity contribution in [3.05, 3.63) is 35.9 Å². The second-order valence-electron chi connectivity index (χ2n) is 7.60. The molecule has 0 aliphatic carbocycles.